The summed E-state index contributed by atoms with van der Waals surface area (Å²) >= 11 is 0. The van der Waals surface area contributed by atoms with Gasteiger partial charge in [0.05, 0.1) is 6.04 Å². The first-order valence-corrected chi connectivity index (χ1v) is 6.77. The Bertz CT molecular complexity index is 351. The highest BCUT2D eigenvalue weighted by Crippen LogP contribution is 2.08. The van der Waals surface area contributed by atoms with Gasteiger partial charge in [0.1, 0.15) is 0 Å². The third-order valence-electron chi connectivity index (χ3n) is 3.10. The molecule has 0 aromatic heterocycles. The first-order chi connectivity index (χ1) is 8.69. The van der Waals surface area contributed by atoms with Gasteiger partial charge in [-0.2, -0.15) is 0 Å². The molecule has 0 saturated heterocycles. The molecule has 3 heteroatoms. The Morgan fingerprint density at radius 1 is 1.28 bits per heavy atom. The van der Waals surface area contributed by atoms with E-state index in [4.69, 9.17) is 5.73 Å². The largest absolute Gasteiger partial charge is 0.337 e. The number of hydrogen-bond acceptors (Lipinski definition) is 2. The van der Waals surface area contributed by atoms with Crippen molar-refractivity contribution in [3.05, 3.63) is 35.9 Å². The fraction of sp³-hybridized carbons (Fsp3) is 0.533. The van der Waals surface area contributed by atoms with Crippen molar-refractivity contribution in [3.63, 3.8) is 0 Å². The van der Waals surface area contributed by atoms with Crippen molar-refractivity contribution in [2.24, 2.45) is 5.73 Å². The van der Waals surface area contributed by atoms with Gasteiger partial charge in [0.2, 0.25) is 5.91 Å². The molecule has 0 radical (unpaired) electrons. The molecule has 0 saturated carbocycles. The monoisotopic (exact) mass is 248 g/mol. The van der Waals surface area contributed by atoms with E-state index >= 15 is 0 Å². The smallest absolute Gasteiger partial charge is 0.239 e. The molecule has 0 aliphatic rings. The van der Waals surface area contributed by atoms with E-state index in [1.807, 2.05) is 42.2 Å². The zero-order chi connectivity index (χ0) is 13.4. The molecule has 0 unspecified atom stereocenters. The van der Waals surface area contributed by atoms with Crippen molar-refractivity contribution in [2.75, 3.05) is 6.54 Å². The van der Waals surface area contributed by atoms with Crippen LogP contribution >= 0.6 is 0 Å². The number of nitrogens with two attached hydrogens (primary N) is 1. The van der Waals surface area contributed by atoms with Gasteiger partial charge in [-0.1, -0.05) is 50.1 Å². The average Bonchev–Trinajstić information content (AvgIpc) is 2.42. The van der Waals surface area contributed by atoms with Crippen molar-refractivity contribution in [3.8, 4) is 0 Å². The van der Waals surface area contributed by atoms with Crippen LogP contribution in [0.25, 0.3) is 0 Å². The van der Waals surface area contributed by atoms with Gasteiger partial charge in [-0.15, -0.1) is 0 Å². The molecule has 1 aromatic rings. The van der Waals surface area contributed by atoms with Gasteiger partial charge < -0.3 is 10.6 Å². The Hall–Kier alpha value is -1.35. The summed E-state index contributed by atoms with van der Waals surface area (Å²) in [7, 11) is 0. The predicted octanol–water partition coefficient (Wildman–Crippen LogP) is 2.55. The van der Waals surface area contributed by atoms with Gasteiger partial charge >= 0.3 is 0 Å². The van der Waals surface area contributed by atoms with Crippen LogP contribution in [-0.4, -0.2) is 23.4 Å². The first kappa shape index (κ1) is 14.7. The third-order valence-corrected chi connectivity index (χ3v) is 3.10. The lowest BCUT2D eigenvalue weighted by atomic mass is 10.1. The van der Waals surface area contributed by atoms with Crippen molar-refractivity contribution in [1.29, 1.82) is 0 Å². The van der Waals surface area contributed by atoms with E-state index in [1.165, 1.54) is 0 Å². The summed E-state index contributed by atoms with van der Waals surface area (Å²) in [6.07, 6.45) is 2.86. The zero-order valence-corrected chi connectivity index (χ0v) is 11.4. The van der Waals surface area contributed by atoms with E-state index in [-0.39, 0.29) is 11.9 Å². The Kier molecular flexibility index (Phi) is 6.44. The summed E-state index contributed by atoms with van der Waals surface area (Å²) in [6, 6.07) is 9.68. The summed E-state index contributed by atoms with van der Waals surface area (Å²) in [5.74, 6) is 0.0646. The second-order valence-corrected chi connectivity index (χ2v) is 4.59. The summed E-state index contributed by atoms with van der Waals surface area (Å²) in [6.45, 7) is 5.45. The lowest BCUT2D eigenvalue weighted by molar-refractivity contribution is -0.133. The van der Waals surface area contributed by atoms with Crippen LogP contribution in [0.1, 0.15) is 38.7 Å². The molecule has 18 heavy (non-hydrogen) atoms. The van der Waals surface area contributed by atoms with Crippen molar-refractivity contribution < 1.29 is 4.79 Å². The highest BCUT2D eigenvalue weighted by Gasteiger charge is 2.19. The van der Waals surface area contributed by atoms with E-state index in [0.717, 1.165) is 24.8 Å². The number of likely N-dealkylation sites (N-methyl/N-ethyl adjacent to an activating group) is 1. The minimum Gasteiger partial charge on any atom is -0.337 e. The molecule has 0 aliphatic carbocycles. The molecule has 3 nitrogen and oxygen atoms in total. The average molecular weight is 248 g/mol. The van der Waals surface area contributed by atoms with Crippen LogP contribution in [0.15, 0.2) is 30.3 Å². The number of hydrogen-bond donors (Lipinski definition) is 1. The van der Waals surface area contributed by atoms with E-state index in [0.29, 0.717) is 13.1 Å². The number of nitrogens with zero attached hydrogens (tertiary/aromatic N) is 1. The summed E-state index contributed by atoms with van der Waals surface area (Å²) in [5.41, 5.74) is 7.09. The normalized spacial score (nSPS) is 12.2. The fourth-order valence-corrected chi connectivity index (χ4v) is 1.93. The molecule has 2 N–H and O–H groups in total. The van der Waals surface area contributed by atoms with Crippen LogP contribution in [-0.2, 0) is 11.3 Å². The SMILES string of the molecule is CCCC[C@H](N)C(=O)N(CC)Cc1ccccc1. The topological polar surface area (TPSA) is 46.3 Å². The summed E-state index contributed by atoms with van der Waals surface area (Å²) in [5, 5.41) is 0. The number of rotatable bonds is 7. The van der Waals surface area contributed by atoms with Gasteiger partial charge in [0.25, 0.3) is 0 Å². The molecular weight excluding hydrogens is 224 g/mol. The number of carbonyl (C=O) groups is 1. The second kappa shape index (κ2) is 7.88. The number of unbranched alkanes of at least 4 members (excludes halogenated alkanes) is 1. The fourth-order valence-electron chi connectivity index (χ4n) is 1.93. The first-order valence-electron chi connectivity index (χ1n) is 6.77. The molecule has 0 aliphatic heterocycles. The maximum atomic E-state index is 12.2. The maximum Gasteiger partial charge on any atom is 0.239 e. The van der Waals surface area contributed by atoms with Crippen molar-refractivity contribution in [1.82, 2.24) is 4.90 Å². The van der Waals surface area contributed by atoms with Gasteiger partial charge in [-0.3, -0.25) is 4.79 Å². The van der Waals surface area contributed by atoms with Gasteiger partial charge in [0.15, 0.2) is 0 Å². The van der Waals surface area contributed by atoms with Crippen LogP contribution in [0.3, 0.4) is 0 Å². The van der Waals surface area contributed by atoms with Crippen molar-refractivity contribution in [2.45, 2.75) is 45.7 Å². The molecule has 0 fully saturated rings. The van der Waals surface area contributed by atoms with Crippen LogP contribution in [0.4, 0.5) is 0 Å². The van der Waals surface area contributed by atoms with Crippen LogP contribution in [0, 0.1) is 0 Å². The Balaban J connectivity index is 2.57. The minimum absolute atomic E-state index is 0.0646. The molecule has 1 rings (SSSR count). The highest BCUT2D eigenvalue weighted by atomic mass is 16.2. The molecule has 1 aromatic carbocycles. The lowest BCUT2D eigenvalue weighted by Crippen LogP contribution is -2.43. The van der Waals surface area contributed by atoms with E-state index in [1.54, 1.807) is 0 Å². The summed E-state index contributed by atoms with van der Waals surface area (Å²) in [4.78, 5) is 14.0. The van der Waals surface area contributed by atoms with E-state index in [2.05, 4.69) is 6.92 Å². The predicted molar refractivity (Wildman–Crippen MR) is 75.0 cm³/mol. The number of benzene rings is 1. The Labute approximate surface area is 110 Å². The van der Waals surface area contributed by atoms with Crippen LogP contribution < -0.4 is 5.73 Å². The lowest BCUT2D eigenvalue weighted by Gasteiger charge is -2.24. The highest BCUT2D eigenvalue weighted by molar-refractivity contribution is 5.81. The van der Waals surface area contributed by atoms with Crippen LogP contribution in [0.5, 0.6) is 0 Å². The minimum atomic E-state index is -0.353. The molecule has 1 amide bonds. The van der Waals surface area contributed by atoms with Gasteiger partial charge in [-0.25, -0.2) is 0 Å². The second-order valence-electron chi connectivity index (χ2n) is 4.59. The molecule has 1 atom stereocenters. The zero-order valence-electron chi connectivity index (χ0n) is 11.4. The number of amides is 1. The molecular formula is C15H24N2O. The Morgan fingerprint density at radius 2 is 1.94 bits per heavy atom. The molecule has 0 spiro atoms. The quantitative estimate of drug-likeness (QED) is 0.806. The van der Waals surface area contributed by atoms with Gasteiger partial charge in [0, 0.05) is 13.1 Å². The van der Waals surface area contributed by atoms with Gasteiger partial charge in [-0.05, 0) is 18.9 Å². The standard InChI is InChI=1S/C15H24N2O/c1-3-5-11-14(16)15(18)17(4-2)12-13-9-7-6-8-10-13/h6-10,14H,3-5,11-12,16H2,1-2H3/t14-/m0/s1. The number of carbonyl (C=O) groups excluding carboxylic acids is 1. The van der Waals surface area contributed by atoms with E-state index in [9.17, 15) is 4.79 Å². The Morgan fingerprint density at radius 3 is 2.50 bits per heavy atom. The molecule has 100 valence electrons. The summed E-state index contributed by atoms with van der Waals surface area (Å²) < 4.78 is 0. The molecule has 0 heterocycles. The maximum absolute atomic E-state index is 12.2. The van der Waals surface area contributed by atoms with Crippen LogP contribution in [0.2, 0.25) is 0 Å². The molecule has 0 bridgehead atoms. The third kappa shape index (κ3) is 4.49. The van der Waals surface area contributed by atoms with Crippen molar-refractivity contribution >= 4 is 5.91 Å². The van der Waals surface area contributed by atoms with E-state index < -0.39 is 0 Å².